The molecule has 2 aromatic carbocycles. The second-order valence-electron chi connectivity index (χ2n) is 4.83. The number of benzene rings is 2. The summed E-state index contributed by atoms with van der Waals surface area (Å²) in [6.07, 6.45) is 0. The molecular weight excluding hydrogens is 476 g/mol. The van der Waals surface area contributed by atoms with E-state index in [4.69, 9.17) is 14.2 Å². The van der Waals surface area contributed by atoms with Gasteiger partial charge in [0.25, 0.3) is 0 Å². The third-order valence-corrected chi connectivity index (χ3v) is 3.95. The minimum atomic E-state index is -0.746. The smallest absolute Gasteiger partial charge is 0.150 e. The van der Waals surface area contributed by atoms with Crippen LogP contribution in [0.15, 0.2) is 33.2 Å². The molecule has 3 nitrogen and oxygen atoms in total. The summed E-state index contributed by atoms with van der Waals surface area (Å²) >= 11 is 5.95. The Labute approximate surface area is 158 Å². The number of hydrogen-bond donors (Lipinski definition) is 0. The highest BCUT2D eigenvalue weighted by atomic mass is 79.9. The van der Waals surface area contributed by atoms with Gasteiger partial charge in [-0.1, -0.05) is 31.9 Å². The third kappa shape index (κ3) is 6.03. The van der Waals surface area contributed by atoms with E-state index in [1.165, 1.54) is 0 Å². The topological polar surface area (TPSA) is 27.7 Å². The summed E-state index contributed by atoms with van der Waals surface area (Å²) in [5.74, 6) is -2.98. The van der Waals surface area contributed by atoms with Crippen LogP contribution in [0.2, 0.25) is 0 Å². The summed E-state index contributed by atoms with van der Waals surface area (Å²) in [6.45, 7) is -1.28. The minimum absolute atomic E-state index is 0.230. The molecule has 2 aromatic rings. The molecule has 9 heteroatoms. The predicted octanol–water partition coefficient (Wildman–Crippen LogP) is 5.43. The van der Waals surface area contributed by atoms with Crippen molar-refractivity contribution in [3.05, 3.63) is 67.6 Å². The van der Waals surface area contributed by atoms with E-state index < -0.39 is 23.3 Å². The quantitative estimate of drug-likeness (QED) is 0.282. The normalized spacial score (nSPS) is 11.1. The lowest BCUT2D eigenvalue weighted by Gasteiger charge is -2.09. The molecule has 0 saturated heterocycles. The Bertz CT molecular complexity index is 636. The first kappa shape index (κ1) is 20.3. The van der Waals surface area contributed by atoms with Crippen LogP contribution < -0.4 is 0 Å². The minimum Gasteiger partial charge on any atom is -0.350 e. The van der Waals surface area contributed by atoms with Crippen LogP contribution in [0.4, 0.5) is 17.6 Å². The van der Waals surface area contributed by atoms with E-state index >= 15 is 0 Å². The summed E-state index contributed by atoms with van der Waals surface area (Å²) < 4.78 is 69.6. The average Bonchev–Trinajstić information content (AvgIpc) is 2.50. The molecule has 0 heterocycles. The van der Waals surface area contributed by atoms with Crippen molar-refractivity contribution in [3.8, 4) is 0 Å². The molecular formula is C16H12Br2F4O3. The molecule has 0 aliphatic rings. The van der Waals surface area contributed by atoms with Crippen LogP contribution in [0.25, 0.3) is 0 Å². The van der Waals surface area contributed by atoms with Gasteiger partial charge in [0.1, 0.15) is 36.9 Å². The molecule has 0 fully saturated rings. The molecule has 0 spiro atoms. The van der Waals surface area contributed by atoms with Crippen LogP contribution >= 0.6 is 31.9 Å². The van der Waals surface area contributed by atoms with Crippen molar-refractivity contribution in [1.82, 2.24) is 0 Å². The van der Waals surface area contributed by atoms with Gasteiger partial charge in [-0.3, -0.25) is 0 Å². The van der Waals surface area contributed by atoms with E-state index in [1.807, 2.05) is 0 Å². The van der Waals surface area contributed by atoms with Gasteiger partial charge in [0.2, 0.25) is 0 Å². The second-order valence-corrected chi connectivity index (χ2v) is 6.66. The molecule has 0 bridgehead atoms. The highest BCUT2D eigenvalue weighted by molar-refractivity contribution is 9.10. The fourth-order valence-corrected chi connectivity index (χ4v) is 2.66. The Balaban J connectivity index is 1.69. The van der Waals surface area contributed by atoms with E-state index in [0.717, 1.165) is 24.3 Å². The van der Waals surface area contributed by atoms with Gasteiger partial charge >= 0.3 is 0 Å². The van der Waals surface area contributed by atoms with E-state index in [1.54, 1.807) is 0 Å². The molecule has 0 aliphatic carbocycles. The van der Waals surface area contributed by atoms with E-state index in [0.29, 0.717) is 0 Å². The maximum absolute atomic E-state index is 13.5. The molecule has 0 unspecified atom stereocenters. The summed E-state index contributed by atoms with van der Waals surface area (Å²) in [6, 6.07) is 4.47. The van der Waals surface area contributed by atoms with Crippen molar-refractivity contribution in [3.63, 3.8) is 0 Å². The average molecular weight is 488 g/mol. The maximum Gasteiger partial charge on any atom is 0.150 e. The van der Waals surface area contributed by atoms with Gasteiger partial charge in [0.15, 0.2) is 0 Å². The molecule has 25 heavy (non-hydrogen) atoms. The van der Waals surface area contributed by atoms with Gasteiger partial charge in [-0.15, -0.1) is 0 Å². The Hall–Kier alpha value is -1.00. The molecule has 0 atom stereocenters. The van der Waals surface area contributed by atoms with Gasteiger partial charge in [0.05, 0.1) is 13.2 Å². The molecule has 0 saturated carbocycles. The Kier molecular flexibility index (Phi) is 7.82. The Morgan fingerprint density at radius 1 is 0.600 bits per heavy atom. The van der Waals surface area contributed by atoms with Gasteiger partial charge in [-0.25, -0.2) is 17.6 Å². The number of rotatable bonds is 8. The van der Waals surface area contributed by atoms with Gasteiger partial charge < -0.3 is 14.2 Å². The molecule has 0 aromatic heterocycles. The largest absolute Gasteiger partial charge is 0.350 e. The number of halogens is 6. The molecule has 0 N–H and O–H groups in total. The maximum atomic E-state index is 13.5. The summed E-state index contributed by atoms with van der Waals surface area (Å²) in [7, 11) is 0. The Morgan fingerprint density at radius 2 is 0.920 bits per heavy atom. The molecule has 136 valence electrons. The zero-order chi connectivity index (χ0) is 18.4. The van der Waals surface area contributed by atoms with Crippen LogP contribution in [-0.2, 0) is 27.4 Å². The van der Waals surface area contributed by atoms with Crippen LogP contribution in [0, 0.1) is 23.3 Å². The van der Waals surface area contributed by atoms with Gasteiger partial charge in [0, 0.05) is 20.1 Å². The van der Waals surface area contributed by atoms with Crippen LogP contribution in [0.3, 0.4) is 0 Å². The van der Waals surface area contributed by atoms with Crippen molar-refractivity contribution in [1.29, 1.82) is 0 Å². The standard InChI is InChI=1S/C16H12Br2F4O3/c17-9-1-13(19)11(14(20)2-9)5-23-7-25-8-24-6-12-15(21)3-10(18)4-16(12)22/h1-4H,5-8H2. The zero-order valence-electron chi connectivity index (χ0n) is 12.6. The fourth-order valence-electron chi connectivity index (χ4n) is 1.86. The molecule has 0 amide bonds. The first-order chi connectivity index (χ1) is 11.9. The van der Waals surface area contributed by atoms with Crippen molar-refractivity contribution in [2.45, 2.75) is 13.2 Å². The predicted molar refractivity (Wildman–Crippen MR) is 88.5 cm³/mol. The van der Waals surface area contributed by atoms with Gasteiger partial charge in [-0.2, -0.15) is 0 Å². The lowest BCUT2D eigenvalue weighted by molar-refractivity contribution is -0.140. The van der Waals surface area contributed by atoms with E-state index in [-0.39, 0.29) is 46.9 Å². The van der Waals surface area contributed by atoms with Crippen molar-refractivity contribution < 1.29 is 31.8 Å². The first-order valence-electron chi connectivity index (χ1n) is 6.88. The first-order valence-corrected chi connectivity index (χ1v) is 8.47. The van der Waals surface area contributed by atoms with Gasteiger partial charge in [-0.05, 0) is 24.3 Å². The fraction of sp³-hybridized carbons (Fsp3) is 0.250. The van der Waals surface area contributed by atoms with Crippen LogP contribution in [0.1, 0.15) is 11.1 Å². The highest BCUT2D eigenvalue weighted by Gasteiger charge is 2.12. The summed E-state index contributed by atoms with van der Waals surface area (Å²) in [5.41, 5.74) is -0.460. The molecule has 0 aliphatic heterocycles. The lowest BCUT2D eigenvalue weighted by atomic mass is 10.2. The Morgan fingerprint density at radius 3 is 1.24 bits per heavy atom. The summed E-state index contributed by atoms with van der Waals surface area (Å²) in [4.78, 5) is 0. The molecule has 2 rings (SSSR count). The van der Waals surface area contributed by atoms with Crippen molar-refractivity contribution >= 4 is 31.9 Å². The van der Waals surface area contributed by atoms with E-state index in [9.17, 15) is 17.6 Å². The highest BCUT2D eigenvalue weighted by Crippen LogP contribution is 2.21. The SMILES string of the molecule is Fc1cc(Br)cc(F)c1COCOCOCc1c(F)cc(Br)cc1F. The second kappa shape index (κ2) is 9.63. The monoisotopic (exact) mass is 486 g/mol. The lowest BCUT2D eigenvalue weighted by Crippen LogP contribution is -2.08. The van der Waals surface area contributed by atoms with Crippen molar-refractivity contribution in [2.75, 3.05) is 13.6 Å². The van der Waals surface area contributed by atoms with Crippen molar-refractivity contribution in [2.24, 2.45) is 0 Å². The van der Waals surface area contributed by atoms with Crippen LogP contribution in [0.5, 0.6) is 0 Å². The third-order valence-electron chi connectivity index (χ3n) is 3.04. The van der Waals surface area contributed by atoms with E-state index in [2.05, 4.69) is 31.9 Å². The zero-order valence-corrected chi connectivity index (χ0v) is 15.8. The molecule has 0 radical (unpaired) electrons. The number of ether oxygens (including phenoxy) is 3. The summed E-state index contributed by atoms with van der Waals surface area (Å²) in [5, 5.41) is 0. The van der Waals surface area contributed by atoms with Crippen LogP contribution in [-0.4, -0.2) is 13.6 Å². The number of hydrogen-bond acceptors (Lipinski definition) is 3.